The maximum absolute atomic E-state index is 13.1. The third-order valence-electron chi connectivity index (χ3n) is 6.70. The Morgan fingerprint density at radius 2 is 1.39 bits per heavy atom. The van der Waals surface area contributed by atoms with Crippen molar-refractivity contribution in [2.75, 3.05) is 0 Å². The summed E-state index contributed by atoms with van der Waals surface area (Å²) in [6.07, 6.45) is 1.88. The van der Waals surface area contributed by atoms with Gasteiger partial charge in [0.15, 0.2) is 0 Å². The third kappa shape index (κ3) is 4.50. The summed E-state index contributed by atoms with van der Waals surface area (Å²) >= 11 is 0. The van der Waals surface area contributed by atoms with Crippen molar-refractivity contribution >= 4 is 32.6 Å². The topological polar surface area (TPSA) is 44.1 Å². The normalized spacial score (nSPS) is 12.6. The molecule has 0 amide bonds. The quantitative estimate of drug-likeness (QED) is 0.231. The number of pyridine rings is 1. The number of para-hydroxylation sites is 1. The molecule has 0 aliphatic rings. The molecule has 4 aromatic carbocycles. The Hall–Kier alpha value is -4.22. The van der Waals surface area contributed by atoms with Gasteiger partial charge in [-0.3, -0.25) is 4.57 Å². The first kappa shape index (κ1) is 24.1. The molecule has 5 heteroatoms. The smallest absolute Gasteiger partial charge is 0.137 e. The molecule has 1 atom stereocenters. The SMILES string of the molecule is CC(C)(C)c1ccnc(-n2c3ccccc3c3ccc(Oc4cccc(S(=O)c5ccccc5)c4)cc32)c1. The largest absolute Gasteiger partial charge is 0.457 e. The van der Waals surface area contributed by atoms with E-state index >= 15 is 0 Å². The molecule has 1 unspecified atom stereocenters. The number of benzene rings is 4. The van der Waals surface area contributed by atoms with E-state index in [0.717, 1.165) is 32.5 Å². The van der Waals surface area contributed by atoms with Gasteiger partial charge in [-0.05, 0) is 71.6 Å². The van der Waals surface area contributed by atoms with Crippen molar-refractivity contribution in [1.29, 1.82) is 0 Å². The molecule has 0 spiro atoms. The monoisotopic (exact) mass is 516 g/mol. The van der Waals surface area contributed by atoms with Crippen LogP contribution in [0.15, 0.2) is 125 Å². The Labute approximate surface area is 225 Å². The van der Waals surface area contributed by atoms with Gasteiger partial charge in [0.2, 0.25) is 0 Å². The molecule has 2 aromatic heterocycles. The van der Waals surface area contributed by atoms with Crippen LogP contribution < -0.4 is 4.74 Å². The van der Waals surface area contributed by atoms with Crippen LogP contribution in [0, 0.1) is 0 Å². The summed E-state index contributed by atoms with van der Waals surface area (Å²) in [6, 6.07) is 35.7. The van der Waals surface area contributed by atoms with Crippen molar-refractivity contribution < 1.29 is 8.95 Å². The number of rotatable bonds is 5. The second-order valence-electron chi connectivity index (χ2n) is 10.3. The Morgan fingerprint density at radius 3 is 2.21 bits per heavy atom. The van der Waals surface area contributed by atoms with Gasteiger partial charge >= 0.3 is 0 Å². The Morgan fingerprint density at radius 1 is 0.684 bits per heavy atom. The molecule has 0 N–H and O–H groups in total. The highest BCUT2D eigenvalue weighted by Crippen LogP contribution is 2.36. The van der Waals surface area contributed by atoms with Crippen molar-refractivity contribution in [2.45, 2.75) is 36.0 Å². The second-order valence-corrected chi connectivity index (χ2v) is 11.8. The molecular formula is C33H28N2O2S. The molecule has 0 radical (unpaired) electrons. The van der Waals surface area contributed by atoms with Crippen LogP contribution in [0.5, 0.6) is 11.5 Å². The van der Waals surface area contributed by atoms with Crippen LogP contribution in [0.4, 0.5) is 0 Å². The molecule has 0 aliphatic heterocycles. The van der Waals surface area contributed by atoms with Gasteiger partial charge in [0.05, 0.1) is 21.8 Å². The van der Waals surface area contributed by atoms with E-state index in [4.69, 9.17) is 9.72 Å². The van der Waals surface area contributed by atoms with Crippen molar-refractivity contribution in [3.8, 4) is 17.3 Å². The van der Waals surface area contributed by atoms with Crippen LogP contribution in [0.2, 0.25) is 0 Å². The lowest BCUT2D eigenvalue weighted by atomic mass is 9.88. The number of aromatic nitrogens is 2. The van der Waals surface area contributed by atoms with Crippen molar-refractivity contribution in [1.82, 2.24) is 9.55 Å². The van der Waals surface area contributed by atoms with Crippen molar-refractivity contribution in [3.05, 3.63) is 121 Å². The third-order valence-corrected chi connectivity index (χ3v) is 8.08. The van der Waals surface area contributed by atoms with Crippen molar-refractivity contribution in [3.63, 3.8) is 0 Å². The highest BCUT2D eigenvalue weighted by atomic mass is 32.2. The van der Waals surface area contributed by atoms with E-state index in [9.17, 15) is 4.21 Å². The number of nitrogens with zero attached hydrogens (tertiary/aromatic N) is 2. The number of ether oxygens (including phenoxy) is 1. The molecule has 6 aromatic rings. The zero-order valence-electron chi connectivity index (χ0n) is 21.6. The molecule has 0 bridgehead atoms. The zero-order valence-corrected chi connectivity index (χ0v) is 22.4. The van der Waals surface area contributed by atoms with E-state index in [1.807, 2.05) is 66.9 Å². The van der Waals surface area contributed by atoms with Gasteiger partial charge in [-0.25, -0.2) is 9.19 Å². The first-order valence-electron chi connectivity index (χ1n) is 12.6. The number of hydrogen-bond acceptors (Lipinski definition) is 3. The van der Waals surface area contributed by atoms with E-state index < -0.39 is 10.8 Å². The summed E-state index contributed by atoms with van der Waals surface area (Å²) in [5.74, 6) is 2.22. The molecule has 2 heterocycles. The first-order valence-corrected chi connectivity index (χ1v) is 13.8. The van der Waals surface area contributed by atoms with Crippen LogP contribution in [-0.4, -0.2) is 13.8 Å². The summed E-state index contributed by atoms with van der Waals surface area (Å²) in [4.78, 5) is 6.22. The van der Waals surface area contributed by atoms with E-state index in [2.05, 4.69) is 73.9 Å². The average molecular weight is 517 g/mol. The van der Waals surface area contributed by atoms with Crippen LogP contribution in [0.1, 0.15) is 26.3 Å². The van der Waals surface area contributed by atoms with Crippen LogP contribution in [0.3, 0.4) is 0 Å². The first-order chi connectivity index (χ1) is 18.4. The van der Waals surface area contributed by atoms with Crippen LogP contribution in [-0.2, 0) is 16.2 Å². The Balaban J connectivity index is 1.43. The summed E-state index contributed by atoms with van der Waals surface area (Å²) in [5.41, 5.74) is 3.35. The molecular weight excluding hydrogens is 488 g/mol. The summed E-state index contributed by atoms with van der Waals surface area (Å²) in [7, 11) is -1.28. The predicted octanol–water partition coefficient (Wildman–Crippen LogP) is 8.44. The summed E-state index contributed by atoms with van der Waals surface area (Å²) < 4.78 is 21.6. The molecule has 6 rings (SSSR count). The van der Waals surface area contributed by atoms with Crippen LogP contribution in [0.25, 0.3) is 27.6 Å². The van der Waals surface area contributed by atoms with E-state index in [1.54, 1.807) is 0 Å². The van der Waals surface area contributed by atoms with Gasteiger partial charge in [0.1, 0.15) is 17.3 Å². The maximum Gasteiger partial charge on any atom is 0.137 e. The lowest BCUT2D eigenvalue weighted by molar-refractivity contribution is 0.482. The fraction of sp³-hybridized carbons (Fsp3) is 0.121. The summed E-state index contributed by atoms with van der Waals surface area (Å²) in [6.45, 7) is 6.63. The molecule has 38 heavy (non-hydrogen) atoms. The summed E-state index contributed by atoms with van der Waals surface area (Å²) in [5, 5.41) is 2.30. The average Bonchev–Trinajstić information content (AvgIpc) is 3.26. The fourth-order valence-electron chi connectivity index (χ4n) is 4.74. The Bertz CT molecular complexity index is 1800. The molecule has 0 aliphatic carbocycles. The molecule has 0 fully saturated rings. The van der Waals surface area contributed by atoms with E-state index in [-0.39, 0.29) is 5.41 Å². The predicted molar refractivity (Wildman–Crippen MR) is 155 cm³/mol. The van der Waals surface area contributed by atoms with Gasteiger partial charge < -0.3 is 4.74 Å². The molecule has 188 valence electrons. The van der Waals surface area contributed by atoms with Gasteiger partial charge in [0.25, 0.3) is 0 Å². The van der Waals surface area contributed by atoms with Gasteiger partial charge in [0, 0.05) is 32.8 Å². The van der Waals surface area contributed by atoms with Crippen molar-refractivity contribution in [2.24, 2.45) is 0 Å². The fourth-order valence-corrected chi connectivity index (χ4v) is 5.84. The highest BCUT2D eigenvalue weighted by molar-refractivity contribution is 7.85. The maximum atomic E-state index is 13.1. The standard InChI is InChI=1S/C33H28N2O2S/c1-33(2,3)23-18-19-34-32(20-23)35-30-15-8-7-14-28(30)29-17-16-25(22-31(29)35)37-24-10-9-13-27(21-24)38(36)26-11-5-4-6-12-26/h4-22H,1-3H3. The number of fused-ring (bicyclic) bond motifs is 3. The lowest BCUT2D eigenvalue weighted by Crippen LogP contribution is -2.12. The lowest BCUT2D eigenvalue weighted by Gasteiger charge is -2.20. The highest BCUT2D eigenvalue weighted by Gasteiger charge is 2.18. The minimum absolute atomic E-state index is 0.00950. The minimum atomic E-state index is -1.28. The van der Waals surface area contributed by atoms with Crippen LogP contribution >= 0.6 is 0 Å². The number of hydrogen-bond donors (Lipinski definition) is 0. The minimum Gasteiger partial charge on any atom is -0.457 e. The van der Waals surface area contributed by atoms with Gasteiger partial charge in [-0.2, -0.15) is 0 Å². The zero-order chi connectivity index (χ0) is 26.3. The van der Waals surface area contributed by atoms with Gasteiger partial charge in [-0.1, -0.05) is 63.2 Å². The van der Waals surface area contributed by atoms with E-state index in [0.29, 0.717) is 16.4 Å². The Kier molecular flexibility index (Phi) is 6.09. The molecule has 0 saturated heterocycles. The second kappa shape index (κ2) is 9.58. The molecule has 0 saturated carbocycles. The van der Waals surface area contributed by atoms with Gasteiger partial charge in [-0.15, -0.1) is 0 Å². The van der Waals surface area contributed by atoms with E-state index in [1.165, 1.54) is 5.56 Å². The molecule has 4 nitrogen and oxygen atoms in total.